The van der Waals surface area contributed by atoms with E-state index in [-0.39, 0.29) is 47.2 Å². The third-order valence-corrected chi connectivity index (χ3v) is 13.1. The first-order valence-electron chi connectivity index (χ1n) is 23.6. The van der Waals surface area contributed by atoms with Crippen LogP contribution in [0.5, 0.6) is 0 Å². The molecule has 9 rings (SSSR count). The minimum absolute atomic E-state index is 0. The van der Waals surface area contributed by atoms with Gasteiger partial charge in [-0.2, -0.15) is 5.26 Å². The van der Waals surface area contributed by atoms with Crippen LogP contribution < -0.4 is 0 Å². The van der Waals surface area contributed by atoms with Crippen LogP contribution >= 0.6 is 0 Å². The van der Waals surface area contributed by atoms with Crippen molar-refractivity contribution in [1.82, 2.24) is 14.5 Å². The van der Waals surface area contributed by atoms with Crippen LogP contribution in [0.15, 0.2) is 114 Å². The Bertz CT molecular complexity index is 3310. The van der Waals surface area contributed by atoms with Gasteiger partial charge in [0.25, 0.3) is 0 Å². The zero-order valence-corrected chi connectivity index (χ0v) is 45.3. The molecule has 0 amide bonds. The minimum atomic E-state index is -0.168. The van der Waals surface area contributed by atoms with Crippen molar-refractivity contribution >= 4 is 43.7 Å². The smallest absolute Gasteiger partial charge is 0.146 e. The largest absolute Gasteiger partial charge is 0.498 e. The summed E-state index contributed by atoms with van der Waals surface area (Å²) in [6.45, 7) is 35.6. The number of furan rings is 1. The van der Waals surface area contributed by atoms with Crippen LogP contribution in [0.3, 0.4) is 0 Å². The topological polar surface area (TPSA) is 67.6 Å². The SMILES string of the molecule is CC(C)(C)c1ccc2c3ccc(C(C)(C)C)cc3n(-c3c(C#N)ccc4c3oc3c(-c5ccccn5)[c-]cc(C(C)(C)C)c34)c2c1.Cc1cc(-c2[c-]ccc(C(C)(C)C)c2)ncc1C(C)(C)C.[Ir]. The fraction of sp³-hybridized carbons (Fsp3) is 0.339. The molecule has 0 fully saturated rings. The Hall–Kier alpha value is -5.86. The maximum atomic E-state index is 10.7. The summed E-state index contributed by atoms with van der Waals surface area (Å²) < 4.78 is 9.30. The molecular formula is C62H66IrN4O-2. The van der Waals surface area contributed by atoms with E-state index >= 15 is 0 Å². The third kappa shape index (κ3) is 9.46. The molecule has 1 radical (unpaired) electrons. The van der Waals surface area contributed by atoms with E-state index in [9.17, 15) is 5.26 Å². The average Bonchev–Trinajstić information content (AvgIpc) is 3.80. The van der Waals surface area contributed by atoms with E-state index in [4.69, 9.17) is 4.42 Å². The van der Waals surface area contributed by atoms with Crippen LogP contribution in [0.1, 0.15) is 143 Å². The van der Waals surface area contributed by atoms with E-state index in [1.54, 1.807) is 6.20 Å². The molecule has 0 aliphatic heterocycles. The Morgan fingerprint density at radius 2 is 1.15 bits per heavy atom. The zero-order chi connectivity index (χ0) is 48.6. The predicted molar refractivity (Wildman–Crippen MR) is 282 cm³/mol. The molecule has 0 aliphatic carbocycles. The summed E-state index contributed by atoms with van der Waals surface area (Å²) in [5.41, 5.74) is 16.1. The summed E-state index contributed by atoms with van der Waals surface area (Å²) in [6.07, 6.45) is 3.81. The second-order valence-electron chi connectivity index (χ2n) is 23.5. The number of rotatable bonds is 3. The molecule has 4 aromatic heterocycles. The summed E-state index contributed by atoms with van der Waals surface area (Å²) in [7, 11) is 0. The molecule has 0 saturated carbocycles. The van der Waals surface area contributed by atoms with Crippen molar-refractivity contribution in [3.8, 4) is 34.3 Å². The number of hydrogen-bond acceptors (Lipinski definition) is 4. The number of fused-ring (bicyclic) bond motifs is 6. The van der Waals surface area contributed by atoms with Crippen molar-refractivity contribution in [2.75, 3.05) is 0 Å². The van der Waals surface area contributed by atoms with Crippen LogP contribution in [-0.4, -0.2) is 14.5 Å². The van der Waals surface area contributed by atoms with Gasteiger partial charge in [0.1, 0.15) is 17.3 Å². The molecule has 351 valence electrons. The van der Waals surface area contributed by atoms with Crippen molar-refractivity contribution in [3.63, 3.8) is 0 Å². The zero-order valence-electron chi connectivity index (χ0n) is 42.9. The third-order valence-electron chi connectivity index (χ3n) is 13.1. The van der Waals surface area contributed by atoms with Crippen molar-refractivity contribution in [3.05, 3.63) is 161 Å². The molecule has 68 heavy (non-hydrogen) atoms. The molecule has 5 nitrogen and oxygen atoms in total. The number of nitriles is 1. The second-order valence-corrected chi connectivity index (χ2v) is 23.5. The van der Waals surface area contributed by atoms with Crippen LogP contribution in [0, 0.1) is 30.4 Å². The molecule has 0 bridgehead atoms. The Labute approximate surface area is 418 Å². The van der Waals surface area contributed by atoms with Crippen LogP contribution in [0.25, 0.3) is 71.9 Å². The Balaban J connectivity index is 0.000000262. The van der Waals surface area contributed by atoms with E-state index < -0.39 is 0 Å². The molecule has 0 saturated heterocycles. The van der Waals surface area contributed by atoms with E-state index in [2.05, 4.69) is 210 Å². The Morgan fingerprint density at radius 3 is 1.66 bits per heavy atom. The van der Waals surface area contributed by atoms with Gasteiger partial charge >= 0.3 is 0 Å². The molecule has 6 heteroatoms. The van der Waals surface area contributed by atoms with Gasteiger partial charge in [-0.15, -0.1) is 53.1 Å². The minimum Gasteiger partial charge on any atom is -0.498 e. The van der Waals surface area contributed by atoms with Crippen molar-refractivity contribution < 1.29 is 24.5 Å². The number of benzene rings is 5. The van der Waals surface area contributed by atoms with E-state index in [0.29, 0.717) is 11.1 Å². The standard InChI is InChI=1S/C42H40N3O.C20H26N.Ir/c1-40(2,3)26-14-17-28-29-18-15-27(41(4,5)6)23-35(29)45(34(28)22-26)37-25(24-43)13-16-31-36-32(42(7,8)9)20-19-30(38(36)46-39(31)37)33-12-10-11-21-44-33;1-14-11-18(21-13-17(14)20(5,6)7)15-9-8-10-16(12-15)19(2,3)4;/h10-18,20-23H,1-9H3;8,10-13H,1-7H3;/q2*-1;. The number of nitrogens with zero attached hydrogens (tertiary/aromatic N) is 4. The fourth-order valence-corrected chi connectivity index (χ4v) is 9.24. The van der Waals surface area contributed by atoms with Gasteiger partial charge in [-0.05, 0) is 86.3 Å². The molecule has 9 aromatic rings. The summed E-state index contributed by atoms with van der Waals surface area (Å²) in [5.74, 6) is 0. The molecule has 4 heterocycles. The number of aryl methyl sites for hydroxylation is 1. The number of aromatic nitrogens is 3. The van der Waals surface area contributed by atoms with Crippen LogP contribution in [-0.2, 0) is 47.2 Å². The molecule has 0 spiro atoms. The Morgan fingerprint density at radius 1 is 0.574 bits per heavy atom. The van der Waals surface area contributed by atoms with E-state index in [1.165, 1.54) is 27.8 Å². The summed E-state index contributed by atoms with van der Waals surface area (Å²) >= 11 is 0. The van der Waals surface area contributed by atoms with Crippen LogP contribution in [0.4, 0.5) is 0 Å². The quantitative estimate of drug-likeness (QED) is 0.165. The molecule has 0 unspecified atom stereocenters. The normalized spacial score (nSPS) is 12.6. The average molecular weight is 1080 g/mol. The van der Waals surface area contributed by atoms with Crippen LogP contribution in [0.2, 0.25) is 0 Å². The molecule has 0 aliphatic rings. The molecule has 0 N–H and O–H groups in total. The van der Waals surface area contributed by atoms with Gasteiger partial charge in [0.05, 0.1) is 22.2 Å². The van der Waals surface area contributed by atoms with Gasteiger partial charge in [-0.25, -0.2) is 0 Å². The van der Waals surface area contributed by atoms with Gasteiger partial charge in [-0.1, -0.05) is 169 Å². The maximum absolute atomic E-state index is 10.7. The van der Waals surface area contributed by atoms with Gasteiger partial charge in [0.2, 0.25) is 0 Å². The number of hydrogen-bond donors (Lipinski definition) is 0. The molecule has 5 aromatic carbocycles. The Kier molecular flexibility index (Phi) is 13.2. The van der Waals surface area contributed by atoms with Crippen molar-refractivity contribution in [2.24, 2.45) is 0 Å². The summed E-state index contributed by atoms with van der Waals surface area (Å²) in [6, 6.07) is 43.4. The van der Waals surface area contributed by atoms with Crippen molar-refractivity contribution in [2.45, 2.75) is 138 Å². The first kappa shape index (κ1) is 50.0. The second kappa shape index (κ2) is 17.9. The monoisotopic (exact) mass is 1080 g/mol. The first-order valence-corrected chi connectivity index (χ1v) is 23.6. The molecule has 0 atom stereocenters. The maximum Gasteiger partial charge on any atom is 0.146 e. The predicted octanol–water partition coefficient (Wildman–Crippen LogP) is 16.8. The molecular weight excluding hydrogens is 1010 g/mol. The van der Waals surface area contributed by atoms with Gasteiger partial charge < -0.3 is 19.0 Å². The van der Waals surface area contributed by atoms with Crippen molar-refractivity contribution in [1.29, 1.82) is 5.26 Å². The summed E-state index contributed by atoms with van der Waals surface area (Å²) in [5, 5.41) is 15.0. The van der Waals surface area contributed by atoms with E-state index in [0.717, 1.165) is 71.9 Å². The van der Waals surface area contributed by atoms with Gasteiger partial charge in [0, 0.05) is 48.7 Å². The fourth-order valence-electron chi connectivity index (χ4n) is 9.24. The number of pyridine rings is 2. The van der Waals surface area contributed by atoms with Gasteiger partial charge in [-0.3, -0.25) is 0 Å². The van der Waals surface area contributed by atoms with Gasteiger partial charge in [0.15, 0.2) is 0 Å². The van der Waals surface area contributed by atoms with E-state index in [1.807, 2.05) is 36.5 Å². The summed E-state index contributed by atoms with van der Waals surface area (Å²) in [4.78, 5) is 9.33. The first-order chi connectivity index (χ1) is 31.3.